The smallest absolute Gasteiger partial charge is 0.373 e. The summed E-state index contributed by atoms with van der Waals surface area (Å²) in [4.78, 5) is 10.2. The molecule has 0 aliphatic carbocycles. The number of halogens is 1. The highest BCUT2D eigenvalue weighted by molar-refractivity contribution is 14.1. The van der Waals surface area contributed by atoms with Crippen molar-refractivity contribution < 1.29 is 9.53 Å². The van der Waals surface area contributed by atoms with E-state index < -0.39 is 0 Å². The molecule has 0 fully saturated rings. The maximum Gasteiger partial charge on any atom is 0.373 e. The lowest BCUT2D eigenvalue weighted by Gasteiger charge is -1.88. The summed E-state index contributed by atoms with van der Waals surface area (Å²) in [5, 5.41) is 6.09. The van der Waals surface area contributed by atoms with E-state index >= 15 is 0 Å². The second kappa shape index (κ2) is 2.81. The van der Waals surface area contributed by atoms with Gasteiger partial charge >= 0.3 is 3.98 Å². The van der Waals surface area contributed by atoms with E-state index in [1.165, 1.54) is 22.6 Å². The summed E-state index contributed by atoms with van der Waals surface area (Å²) in [5.41, 5.74) is 0. The Kier molecular flexibility index (Phi) is 2.04. The molecule has 1 N–H and O–H groups in total. The van der Waals surface area contributed by atoms with Crippen LogP contribution in [0, 0.1) is 0 Å². The molecule has 0 atom stereocenters. The summed E-state index contributed by atoms with van der Waals surface area (Å²) < 4.78 is 4.17. The molecule has 0 amide bonds. The van der Waals surface area contributed by atoms with Crippen LogP contribution in [-0.4, -0.2) is 14.2 Å². The van der Waals surface area contributed by atoms with E-state index in [4.69, 9.17) is 0 Å². The van der Waals surface area contributed by atoms with E-state index in [1.807, 2.05) is 0 Å². The summed E-state index contributed by atoms with van der Waals surface area (Å²) in [7, 11) is 0. The predicted octanol–water partition coefficient (Wildman–Crippen LogP) is 1.34. The molecule has 1 aromatic rings. The molecule has 1 aromatic heterocycles. The standard InChI is InChI=1S/C4H3IN2O2/c5-4(8)9-3-1-2-6-7-3/h1-2H,(H,6,7). The van der Waals surface area contributed by atoms with Crippen molar-refractivity contribution in [2.24, 2.45) is 0 Å². The summed E-state index contributed by atoms with van der Waals surface area (Å²) in [6.45, 7) is 0. The molecule has 0 aromatic carbocycles. The first-order valence-corrected chi connectivity index (χ1v) is 3.24. The molecule has 1 rings (SSSR count). The highest BCUT2D eigenvalue weighted by Crippen LogP contribution is 2.04. The monoisotopic (exact) mass is 238 g/mol. The minimum atomic E-state index is -0.389. The predicted molar refractivity (Wildman–Crippen MR) is 38.6 cm³/mol. The Balaban J connectivity index is 2.58. The number of carbonyl (C=O) groups is 1. The molecule has 0 radical (unpaired) electrons. The third kappa shape index (κ3) is 2.00. The molecule has 1 heterocycles. The van der Waals surface area contributed by atoms with Crippen molar-refractivity contribution in [3.8, 4) is 5.88 Å². The molecule has 0 saturated heterocycles. The van der Waals surface area contributed by atoms with Crippen LogP contribution >= 0.6 is 22.6 Å². The van der Waals surface area contributed by atoms with Crippen molar-refractivity contribution in [1.29, 1.82) is 0 Å². The third-order valence-electron chi connectivity index (χ3n) is 0.660. The van der Waals surface area contributed by atoms with Gasteiger partial charge in [-0.3, -0.25) is 5.10 Å². The maximum absolute atomic E-state index is 10.2. The van der Waals surface area contributed by atoms with Gasteiger partial charge in [-0.05, 0) is 0 Å². The van der Waals surface area contributed by atoms with Crippen molar-refractivity contribution in [3.05, 3.63) is 12.3 Å². The van der Waals surface area contributed by atoms with E-state index in [0.717, 1.165) is 0 Å². The zero-order valence-corrected chi connectivity index (χ0v) is 6.45. The molecule has 0 unspecified atom stereocenters. The zero-order chi connectivity index (χ0) is 6.69. The molecule has 4 nitrogen and oxygen atoms in total. The first kappa shape index (κ1) is 6.53. The average molecular weight is 238 g/mol. The number of ether oxygens (including phenoxy) is 1. The van der Waals surface area contributed by atoms with Crippen molar-refractivity contribution in [1.82, 2.24) is 10.2 Å². The summed E-state index contributed by atoms with van der Waals surface area (Å²) >= 11 is 1.53. The Morgan fingerprint density at radius 2 is 2.67 bits per heavy atom. The first-order chi connectivity index (χ1) is 4.29. The van der Waals surface area contributed by atoms with Crippen LogP contribution in [0.2, 0.25) is 0 Å². The minimum absolute atomic E-state index is 0.300. The fraction of sp³-hybridized carbons (Fsp3) is 0. The number of hydrogen-bond acceptors (Lipinski definition) is 3. The van der Waals surface area contributed by atoms with Gasteiger partial charge in [0.25, 0.3) is 0 Å². The minimum Gasteiger partial charge on any atom is -0.398 e. The van der Waals surface area contributed by atoms with E-state index in [-0.39, 0.29) is 3.98 Å². The van der Waals surface area contributed by atoms with Crippen LogP contribution < -0.4 is 4.74 Å². The topological polar surface area (TPSA) is 55.0 Å². The largest absolute Gasteiger partial charge is 0.398 e. The van der Waals surface area contributed by atoms with Crippen molar-refractivity contribution >= 4 is 26.6 Å². The molecule has 48 valence electrons. The molecule has 0 aliphatic heterocycles. The highest BCUT2D eigenvalue weighted by atomic mass is 127. The van der Waals surface area contributed by atoms with E-state index in [9.17, 15) is 4.79 Å². The van der Waals surface area contributed by atoms with Gasteiger partial charge in [-0.2, -0.15) is 0 Å². The average Bonchev–Trinajstić information content (AvgIpc) is 2.15. The number of nitrogens with zero attached hydrogens (tertiary/aromatic N) is 1. The molecule has 5 heteroatoms. The van der Waals surface area contributed by atoms with Crippen LogP contribution in [0.5, 0.6) is 5.88 Å². The third-order valence-corrected chi connectivity index (χ3v) is 0.880. The lowest BCUT2D eigenvalue weighted by Crippen LogP contribution is -1.94. The SMILES string of the molecule is O=C(I)Oc1cc[nH]n1. The van der Waals surface area contributed by atoms with Crippen LogP contribution in [0.4, 0.5) is 4.79 Å². The number of aromatic amines is 1. The van der Waals surface area contributed by atoms with Gasteiger partial charge in [0.15, 0.2) is 0 Å². The lowest BCUT2D eigenvalue weighted by molar-refractivity contribution is 0.228. The van der Waals surface area contributed by atoms with Crippen LogP contribution in [0.25, 0.3) is 0 Å². The number of H-pyrrole nitrogens is 1. The summed E-state index contributed by atoms with van der Waals surface area (Å²) in [6, 6.07) is 1.57. The van der Waals surface area contributed by atoms with Crippen molar-refractivity contribution in [2.45, 2.75) is 0 Å². The molecular formula is C4H3IN2O2. The lowest BCUT2D eigenvalue weighted by atomic mass is 10.7. The summed E-state index contributed by atoms with van der Waals surface area (Å²) in [5.74, 6) is 0.300. The molecule has 0 bridgehead atoms. The second-order valence-electron chi connectivity index (χ2n) is 1.25. The fourth-order valence-electron chi connectivity index (χ4n) is 0.386. The Morgan fingerprint density at radius 1 is 1.89 bits per heavy atom. The molecular weight excluding hydrogens is 235 g/mol. The van der Waals surface area contributed by atoms with E-state index in [0.29, 0.717) is 5.88 Å². The Labute approximate surface area is 64.7 Å². The maximum atomic E-state index is 10.2. The number of nitrogens with one attached hydrogen (secondary N) is 1. The second-order valence-corrected chi connectivity index (χ2v) is 2.13. The van der Waals surface area contributed by atoms with Crippen LogP contribution in [0.3, 0.4) is 0 Å². The van der Waals surface area contributed by atoms with Crippen LogP contribution in [0.1, 0.15) is 0 Å². The Hall–Kier alpha value is -0.590. The molecule has 0 aliphatic rings. The Morgan fingerprint density at radius 3 is 3.11 bits per heavy atom. The summed E-state index contributed by atoms with van der Waals surface area (Å²) in [6.07, 6.45) is 1.58. The van der Waals surface area contributed by atoms with Gasteiger partial charge in [-0.15, -0.1) is 5.10 Å². The van der Waals surface area contributed by atoms with Gasteiger partial charge in [0, 0.05) is 12.3 Å². The molecule has 9 heavy (non-hydrogen) atoms. The van der Waals surface area contributed by atoms with E-state index in [2.05, 4.69) is 14.9 Å². The highest BCUT2D eigenvalue weighted by Gasteiger charge is 1.97. The van der Waals surface area contributed by atoms with Gasteiger partial charge in [0.2, 0.25) is 5.88 Å². The van der Waals surface area contributed by atoms with Crippen LogP contribution in [-0.2, 0) is 0 Å². The van der Waals surface area contributed by atoms with Gasteiger partial charge in [-0.25, -0.2) is 4.79 Å². The number of rotatable bonds is 1. The molecule has 0 saturated carbocycles. The number of carbonyl (C=O) groups excluding carboxylic acids is 1. The fourth-order valence-corrected chi connectivity index (χ4v) is 0.611. The molecule has 0 spiro atoms. The first-order valence-electron chi connectivity index (χ1n) is 2.16. The quantitative estimate of drug-likeness (QED) is 0.593. The Bertz CT molecular complexity index is 196. The number of aromatic nitrogens is 2. The van der Waals surface area contributed by atoms with Crippen molar-refractivity contribution in [3.63, 3.8) is 0 Å². The normalized spacial score (nSPS) is 9.00. The van der Waals surface area contributed by atoms with E-state index in [1.54, 1.807) is 12.3 Å². The van der Waals surface area contributed by atoms with Gasteiger partial charge in [0.05, 0.1) is 22.6 Å². The van der Waals surface area contributed by atoms with Gasteiger partial charge in [0.1, 0.15) is 0 Å². The zero-order valence-electron chi connectivity index (χ0n) is 4.30. The van der Waals surface area contributed by atoms with Crippen LogP contribution in [0.15, 0.2) is 12.3 Å². The van der Waals surface area contributed by atoms with Gasteiger partial charge in [-0.1, -0.05) is 0 Å². The number of hydrogen-bond donors (Lipinski definition) is 1. The van der Waals surface area contributed by atoms with Crippen molar-refractivity contribution in [2.75, 3.05) is 0 Å². The van der Waals surface area contributed by atoms with Gasteiger partial charge < -0.3 is 4.74 Å².